The second-order valence-corrected chi connectivity index (χ2v) is 4.74. The summed E-state index contributed by atoms with van der Waals surface area (Å²) in [4.78, 5) is 12.8. The lowest BCUT2D eigenvalue weighted by Crippen LogP contribution is -2.35. The Balaban J connectivity index is 2.08. The van der Waals surface area contributed by atoms with Crippen molar-refractivity contribution in [3.63, 3.8) is 0 Å². The fraction of sp³-hybridized carbons (Fsp3) is 0.533. The fourth-order valence-electron chi connectivity index (χ4n) is 2.34. The maximum absolute atomic E-state index is 10.5. The van der Waals surface area contributed by atoms with Crippen molar-refractivity contribution in [3.05, 3.63) is 29.3 Å². The summed E-state index contributed by atoms with van der Waals surface area (Å²) in [5.41, 5.74) is 2.38. The Hall–Kier alpha value is -1.39. The average Bonchev–Trinajstić information content (AvgIpc) is 2.46. The highest BCUT2D eigenvalue weighted by atomic mass is 16.5. The van der Waals surface area contributed by atoms with Crippen molar-refractivity contribution in [3.8, 4) is 5.75 Å². The number of ether oxygens (including phenoxy) is 2. The van der Waals surface area contributed by atoms with E-state index in [-0.39, 0.29) is 0 Å². The van der Waals surface area contributed by atoms with Crippen molar-refractivity contribution < 1.29 is 14.3 Å². The Morgan fingerprint density at radius 3 is 2.84 bits per heavy atom. The summed E-state index contributed by atoms with van der Waals surface area (Å²) in [6.45, 7) is 4.39. The Morgan fingerprint density at radius 1 is 1.37 bits per heavy atom. The predicted octanol–water partition coefficient (Wildman–Crippen LogP) is 1.66. The lowest BCUT2D eigenvalue weighted by Gasteiger charge is -2.27. The van der Waals surface area contributed by atoms with E-state index in [0.29, 0.717) is 6.42 Å². The Labute approximate surface area is 114 Å². The van der Waals surface area contributed by atoms with Gasteiger partial charge in [-0.25, -0.2) is 0 Å². The van der Waals surface area contributed by atoms with Gasteiger partial charge in [0.25, 0.3) is 0 Å². The highest BCUT2D eigenvalue weighted by Crippen LogP contribution is 2.22. The van der Waals surface area contributed by atoms with Gasteiger partial charge in [0.2, 0.25) is 0 Å². The van der Waals surface area contributed by atoms with Crippen LogP contribution in [-0.4, -0.2) is 44.6 Å². The molecule has 1 aliphatic rings. The number of carbonyl (C=O) groups excluding carboxylic acids is 1. The third-order valence-electron chi connectivity index (χ3n) is 3.39. The summed E-state index contributed by atoms with van der Waals surface area (Å²) < 4.78 is 10.8. The van der Waals surface area contributed by atoms with Gasteiger partial charge in [-0.2, -0.15) is 0 Å². The number of aryl methyl sites for hydroxylation is 1. The smallest absolute Gasteiger partial charge is 0.123 e. The normalized spacial score (nSPS) is 16.3. The van der Waals surface area contributed by atoms with Crippen molar-refractivity contribution in [2.45, 2.75) is 19.4 Å². The summed E-state index contributed by atoms with van der Waals surface area (Å²) in [7, 11) is 1.70. The zero-order chi connectivity index (χ0) is 13.5. The minimum Gasteiger partial charge on any atom is -0.496 e. The monoisotopic (exact) mass is 263 g/mol. The molecule has 2 rings (SSSR count). The maximum atomic E-state index is 10.5. The van der Waals surface area contributed by atoms with Gasteiger partial charge in [-0.3, -0.25) is 4.90 Å². The first-order valence-corrected chi connectivity index (χ1v) is 6.73. The highest BCUT2D eigenvalue weighted by molar-refractivity contribution is 5.50. The molecular weight excluding hydrogens is 242 g/mol. The van der Waals surface area contributed by atoms with Gasteiger partial charge in [-0.1, -0.05) is 12.1 Å². The number of aldehydes is 1. The highest BCUT2D eigenvalue weighted by Gasteiger charge is 2.13. The van der Waals surface area contributed by atoms with Crippen LogP contribution in [0.25, 0.3) is 0 Å². The molecule has 0 unspecified atom stereocenters. The largest absolute Gasteiger partial charge is 0.496 e. The van der Waals surface area contributed by atoms with E-state index in [2.05, 4.69) is 11.0 Å². The van der Waals surface area contributed by atoms with Crippen molar-refractivity contribution in [2.24, 2.45) is 0 Å². The van der Waals surface area contributed by atoms with Gasteiger partial charge >= 0.3 is 0 Å². The molecule has 1 aromatic rings. The maximum Gasteiger partial charge on any atom is 0.123 e. The van der Waals surface area contributed by atoms with Gasteiger partial charge in [0, 0.05) is 31.6 Å². The molecule has 0 spiro atoms. The van der Waals surface area contributed by atoms with E-state index >= 15 is 0 Å². The van der Waals surface area contributed by atoms with E-state index in [9.17, 15) is 4.79 Å². The first kappa shape index (κ1) is 14.0. The SMILES string of the molecule is COc1ccc(CCC=O)cc1CN1CCOCC1. The quantitative estimate of drug-likeness (QED) is 0.732. The zero-order valence-electron chi connectivity index (χ0n) is 11.4. The third-order valence-corrected chi connectivity index (χ3v) is 3.39. The lowest BCUT2D eigenvalue weighted by atomic mass is 10.1. The molecule has 0 radical (unpaired) electrons. The van der Waals surface area contributed by atoms with E-state index in [0.717, 1.165) is 51.3 Å². The van der Waals surface area contributed by atoms with Crippen molar-refractivity contribution in [1.29, 1.82) is 0 Å². The van der Waals surface area contributed by atoms with Crippen LogP contribution in [-0.2, 0) is 22.5 Å². The van der Waals surface area contributed by atoms with Crippen LogP contribution in [0.15, 0.2) is 18.2 Å². The van der Waals surface area contributed by atoms with E-state index < -0.39 is 0 Å². The Morgan fingerprint density at radius 2 is 2.16 bits per heavy atom. The first-order chi connectivity index (χ1) is 9.33. The second-order valence-electron chi connectivity index (χ2n) is 4.74. The molecule has 4 heteroatoms. The van der Waals surface area contributed by atoms with E-state index in [1.54, 1.807) is 7.11 Å². The Bertz CT molecular complexity index is 414. The number of benzene rings is 1. The van der Waals surface area contributed by atoms with Crippen LogP contribution in [0.1, 0.15) is 17.5 Å². The van der Waals surface area contributed by atoms with Gasteiger partial charge < -0.3 is 14.3 Å². The number of hydrogen-bond acceptors (Lipinski definition) is 4. The van der Waals surface area contributed by atoms with Crippen LogP contribution < -0.4 is 4.74 Å². The molecular formula is C15H21NO3. The van der Waals surface area contributed by atoms with Crippen LogP contribution in [0.5, 0.6) is 5.75 Å². The molecule has 0 bridgehead atoms. The second kappa shape index (κ2) is 7.26. The van der Waals surface area contributed by atoms with Gasteiger partial charge in [0.15, 0.2) is 0 Å². The number of methoxy groups -OCH3 is 1. The van der Waals surface area contributed by atoms with Gasteiger partial charge in [-0.05, 0) is 18.1 Å². The molecule has 1 aromatic carbocycles. The number of morpholine rings is 1. The molecule has 0 aromatic heterocycles. The topological polar surface area (TPSA) is 38.8 Å². The number of carbonyl (C=O) groups is 1. The number of nitrogens with zero attached hydrogens (tertiary/aromatic N) is 1. The summed E-state index contributed by atoms with van der Waals surface area (Å²) in [6.07, 6.45) is 2.33. The molecule has 104 valence electrons. The summed E-state index contributed by atoms with van der Waals surface area (Å²) >= 11 is 0. The van der Waals surface area contributed by atoms with Crippen molar-refractivity contribution in [2.75, 3.05) is 33.4 Å². The molecule has 0 N–H and O–H groups in total. The molecule has 4 nitrogen and oxygen atoms in total. The van der Waals surface area contributed by atoms with Crippen LogP contribution in [0.3, 0.4) is 0 Å². The van der Waals surface area contributed by atoms with E-state index in [1.807, 2.05) is 12.1 Å². The minimum absolute atomic E-state index is 0.573. The molecule has 0 atom stereocenters. The standard InChI is InChI=1S/C15H21NO3/c1-18-15-5-4-13(3-2-8-17)11-14(15)12-16-6-9-19-10-7-16/h4-5,8,11H,2-3,6-7,9-10,12H2,1H3. The van der Waals surface area contributed by atoms with Crippen LogP contribution in [0, 0.1) is 0 Å². The number of hydrogen-bond donors (Lipinski definition) is 0. The summed E-state index contributed by atoms with van der Waals surface area (Å²) in [5.74, 6) is 0.918. The van der Waals surface area contributed by atoms with Gasteiger partial charge in [-0.15, -0.1) is 0 Å². The lowest BCUT2D eigenvalue weighted by molar-refractivity contribution is -0.107. The van der Waals surface area contributed by atoms with E-state index in [4.69, 9.17) is 9.47 Å². The van der Waals surface area contributed by atoms with Crippen LogP contribution in [0.4, 0.5) is 0 Å². The first-order valence-electron chi connectivity index (χ1n) is 6.73. The van der Waals surface area contributed by atoms with Crippen LogP contribution >= 0.6 is 0 Å². The third kappa shape index (κ3) is 4.04. The van der Waals surface area contributed by atoms with Gasteiger partial charge in [0.05, 0.1) is 20.3 Å². The summed E-state index contributed by atoms with van der Waals surface area (Å²) in [5, 5.41) is 0. The molecule has 0 saturated carbocycles. The Kier molecular flexibility index (Phi) is 5.36. The number of rotatable bonds is 6. The van der Waals surface area contributed by atoms with E-state index in [1.165, 1.54) is 11.1 Å². The fourth-order valence-corrected chi connectivity index (χ4v) is 2.34. The molecule has 1 aliphatic heterocycles. The average molecular weight is 263 g/mol. The van der Waals surface area contributed by atoms with Crippen molar-refractivity contribution in [1.82, 2.24) is 4.90 Å². The molecule has 1 saturated heterocycles. The molecule has 0 aliphatic carbocycles. The molecule has 0 amide bonds. The molecule has 1 fully saturated rings. The summed E-state index contributed by atoms with van der Waals surface area (Å²) in [6, 6.07) is 6.18. The van der Waals surface area contributed by atoms with Crippen molar-refractivity contribution >= 4 is 6.29 Å². The predicted molar refractivity (Wildman–Crippen MR) is 73.5 cm³/mol. The molecule has 19 heavy (non-hydrogen) atoms. The van der Waals surface area contributed by atoms with Crippen LogP contribution in [0.2, 0.25) is 0 Å². The zero-order valence-corrected chi connectivity index (χ0v) is 11.4. The molecule has 1 heterocycles. The van der Waals surface area contributed by atoms with Gasteiger partial charge in [0.1, 0.15) is 12.0 Å². The minimum atomic E-state index is 0.573.